The lowest BCUT2D eigenvalue weighted by Crippen LogP contribution is -2.43. The lowest BCUT2D eigenvalue weighted by Gasteiger charge is -2.35. The second-order valence-electron chi connectivity index (χ2n) is 5.95. The maximum absolute atomic E-state index is 6.14. The molecule has 9 nitrogen and oxygen atoms in total. The standard InChI is InChI=1S/C18H27N5O4/c1-6-26-15(27-11(2)18(3,24-4)25-5)13-10-8-7-9-12(13)14-21-16(19)23-17(20)22-14/h7-11,15H,6H2,1-5H3,(H4,19,20,21,22,23). The van der Waals surface area contributed by atoms with Gasteiger partial charge < -0.3 is 30.4 Å². The summed E-state index contributed by atoms with van der Waals surface area (Å²) in [4.78, 5) is 12.2. The molecule has 0 saturated heterocycles. The number of methoxy groups -OCH3 is 2. The van der Waals surface area contributed by atoms with Crippen molar-refractivity contribution in [2.75, 3.05) is 32.3 Å². The van der Waals surface area contributed by atoms with Gasteiger partial charge in [-0.1, -0.05) is 24.3 Å². The lowest BCUT2D eigenvalue weighted by molar-refractivity contribution is -0.290. The van der Waals surface area contributed by atoms with Gasteiger partial charge in [0.25, 0.3) is 0 Å². The fourth-order valence-electron chi connectivity index (χ4n) is 2.51. The highest BCUT2D eigenvalue weighted by atomic mass is 16.7. The van der Waals surface area contributed by atoms with Gasteiger partial charge >= 0.3 is 0 Å². The molecule has 0 aliphatic heterocycles. The third-order valence-electron chi connectivity index (χ3n) is 4.32. The SMILES string of the molecule is CCOC(OC(C)C(C)(OC)OC)c1ccccc1-c1nc(N)nc(N)n1. The smallest absolute Gasteiger partial charge is 0.225 e. The molecule has 0 radical (unpaired) electrons. The number of nitrogens with zero attached hydrogens (tertiary/aromatic N) is 3. The minimum atomic E-state index is -0.938. The Labute approximate surface area is 159 Å². The van der Waals surface area contributed by atoms with Crippen molar-refractivity contribution in [3.63, 3.8) is 0 Å². The zero-order valence-electron chi connectivity index (χ0n) is 16.3. The zero-order chi connectivity index (χ0) is 20.0. The zero-order valence-corrected chi connectivity index (χ0v) is 16.3. The van der Waals surface area contributed by atoms with Crippen molar-refractivity contribution >= 4 is 11.9 Å². The molecule has 0 bridgehead atoms. The number of hydrogen-bond acceptors (Lipinski definition) is 9. The van der Waals surface area contributed by atoms with Gasteiger partial charge in [0, 0.05) is 32.0 Å². The first kappa shape index (κ1) is 21.0. The molecular formula is C18H27N5O4. The molecule has 0 fully saturated rings. The van der Waals surface area contributed by atoms with Crippen LogP contribution < -0.4 is 11.5 Å². The van der Waals surface area contributed by atoms with Crippen molar-refractivity contribution in [3.8, 4) is 11.4 Å². The van der Waals surface area contributed by atoms with Crippen LogP contribution in [0, 0.1) is 0 Å². The van der Waals surface area contributed by atoms with E-state index in [1.165, 1.54) is 0 Å². The summed E-state index contributed by atoms with van der Waals surface area (Å²) in [5.74, 6) is -0.508. The van der Waals surface area contributed by atoms with E-state index in [9.17, 15) is 0 Å². The van der Waals surface area contributed by atoms with Crippen LogP contribution in [0.4, 0.5) is 11.9 Å². The number of nitrogens with two attached hydrogens (primary N) is 2. The van der Waals surface area contributed by atoms with E-state index < -0.39 is 18.2 Å². The van der Waals surface area contributed by atoms with Gasteiger partial charge in [0.1, 0.15) is 6.10 Å². The van der Waals surface area contributed by atoms with Crippen LogP contribution in [0.3, 0.4) is 0 Å². The minimum Gasteiger partial charge on any atom is -0.368 e. The van der Waals surface area contributed by atoms with E-state index in [-0.39, 0.29) is 11.9 Å². The fourth-order valence-corrected chi connectivity index (χ4v) is 2.51. The van der Waals surface area contributed by atoms with Crippen LogP contribution in [-0.4, -0.2) is 47.7 Å². The van der Waals surface area contributed by atoms with Gasteiger partial charge in [-0.05, 0) is 20.8 Å². The first-order valence-corrected chi connectivity index (χ1v) is 8.58. The van der Waals surface area contributed by atoms with E-state index in [4.69, 9.17) is 30.4 Å². The largest absolute Gasteiger partial charge is 0.368 e. The van der Waals surface area contributed by atoms with Gasteiger partial charge in [-0.15, -0.1) is 0 Å². The fraction of sp³-hybridized carbons (Fsp3) is 0.500. The van der Waals surface area contributed by atoms with Crippen LogP contribution in [0.1, 0.15) is 32.6 Å². The number of rotatable bonds is 9. The molecule has 0 aliphatic carbocycles. The summed E-state index contributed by atoms with van der Waals surface area (Å²) in [6.07, 6.45) is -1.14. The monoisotopic (exact) mass is 377 g/mol. The second-order valence-corrected chi connectivity index (χ2v) is 5.95. The maximum atomic E-state index is 6.14. The van der Waals surface area contributed by atoms with Crippen molar-refractivity contribution in [3.05, 3.63) is 29.8 Å². The summed E-state index contributed by atoms with van der Waals surface area (Å²) in [7, 11) is 3.12. The predicted molar refractivity (Wildman–Crippen MR) is 101 cm³/mol. The van der Waals surface area contributed by atoms with Crippen molar-refractivity contribution < 1.29 is 18.9 Å². The summed E-state index contributed by atoms with van der Waals surface area (Å²) < 4.78 is 22.9. The van der Waals surface area contributed by atoms with E-state index >= 15 is 0 Å². The molecule has 4 N–H and O–H groups in total. The highest BCUT2D eigenvalue weighted by molar-refractivity contribution is 5.62. The number of aromatic nitrogens is 3. The molecule has 1 aromatic heterocycles. The van der Waals surface area contributed by atoms with Crippen LogP contribution in [0.15, 0.2) is 24.3 Å². The van der Waals surface area contributed by atoms with Gasteiger partial charge in [0.2, 0.25) is 11.9 Å². The Balaban J connectivity index is 2.43. The van der Waals surface area contributed by atoms with Crippen LogP contribution in [0.25, 0.3) is 11.4 Å². The quantitative estimate of drug-likeness (QED) is 0.632. The number of ether oxygens (including phenoxy) is 4. The summed E-state index contributed by atoms with van der Waals surface area (Å²) in [5, 5.41) is 0. The number of benzene rings is 1. The van der Waals surface area contributed by atoms with E-state index in [2.05, 4.69) is 15.0 Å². The summed E-state index contributed by atoms with van der Waals surface area (Å²) in [6.45, 7) is 5.96. The summed E-state index contributed by atoms with van der Waals surface area (Å²) >= 11 is 0. The van der Waals surface area contributed by atoms with Gasteiger partial charge in [-0.3, -0.25) is 0 Å². The number of anilines is 2. The molecule has 1 heterocycles. The molecule has 0 amide bonds. The van der Waals surface area contributed by atoms with E-state index in [0.717, 1.165) is 5.56 Å². The number of hydrogen-bond donors (Lipinski definition) is 2. The Morgan fingerprint density at radius 1 is 1.04 bits per heavy atom. The molecule has 0 saturated carbocycles. The van der Waals surface area contributed by atoms with Gasteiger partial charge in [0.15, 0.2) is 17.9 Å². The maximum Gasteiger partial charge on any atom is 0.225 e. The first-order valence-electron chi connectivity index (χ1n) is 8.58. The lowest BCUT2D eigenvalue weighted by atomic mass is 10.1. The Bertz CT molecular complexity index is 734. The second kappa shape index (κ2) is 9.05. The topological polar surface area (TPSA) is 128 Å². The molecule has 27 heavy (non-hydrogen) atoms. The summed E-state index contributed by atoms with van der Waals surface area (Å²) in [5.41, 5.74) is 12.8. The Hall–Kier alpha value is -2.33. The van der Waals surface area contributed by atoms with Gasteiger partial charge in [-0.25, -0.2) is 0 Å². The van der Waals surface area contributed by atoms with Gasteiger partial charge in [0.05, 0.1) is 0 Å². The van der Waals surface area contributed by atoms with E-state index in [1.54, 1.807) is 21.1 Å². The normalized spacial score (nSPS) is 14.1. The third-order valence-corrected chi connectivity index (χ3v) is 4.32. The highest BCUT2D eigenvalue weighted by Crippen LogP contribution is 2.32. The molecule has 2 rings (SSSR count). The van der Waals surface area contributed by atoms with E-state index in [1.807, 2.05) is 38.1 Å². The highest BCUT2D eigenvalue weighted by Gasteiger charge is 2.35. The van der Waals surface area contributed by atoms with Crippen molar-refractivity contribution in [1.29, 1.82) is 0 Å². The van der Waals surface area contributed by atoms with Crippen molar-refractivity contribution in [2.24, 2.45) is 0 Å². The average molecular weight is 377 g/mol. The van der Waals surface area contributed by atoms with Crippen molar-refractivity contribution in [1.82, 2.24) is 15.0 Å². The molecular weight excluding hydrogens is 350 g/mol. The molecule has 1 aromatic carbocycles. The van der Waals surface area contributed by atoms with Gasteiger partial charge in [-0.2, -0.15) is 15.0 Å². The van der Waals surface area contributed by atoms with E-state index in [0.29, 0.717) is 18.0 Å². The molecule has 0 spiro atoms. The Morgan fingerprint density at radius 2 is 1.63 bits per heavy atom. The van der Waals surface area contributed by atoms with Crippen LogP contribution in [0.2, 0.25) is 0 Å². The summed E-state index contributed by atoms with van der Waals surface area (Å²) in [6, 6.07) is 7.44. The predicted octanol–water partition coefficient (Wildman–Crippen LogP) is 2.15. The van der Waals surface area contributed by atoms with Crippen LogP contribution >= 0.6 is 0 Å². The van der Waals surface area contributed by atoms with Crippen LogP contribution in [-0.2, 0) is 18.9 Å². The molecule has 0 aliphatic rings. The van der Waals surface area contributed by atoms with Crippen LogP contribution in [0.5, 0.6) is 0 Å². The Kier molecular flexibility index (Phi) is 7.03. The third kappa shape index (κ3) is 4.89. The number of nitrogen functional groups attached to an aromatic ring is 2. The van der Waals surface area contributed by atoms with Crippen molar-refractivity contribution in [2.45, 2.75) is 39.0 Å². The Morgan fingerprint density at radius 3 is 2.19 bits per heavy atom. The molecule has 2 atom stereocenters. The minimum absolute atomic E-state index is 0.0425. The first-order chi connectivity index (χ1) is 12.8. The molecule has 148 valence electrons. The molecule has 2 unspecified atom stereocenters. The molecule has 9 heteroatoms. The molecule has 2 aromatic rings. The average Bonchev–Trinajstić information content (AvgIpc) is 2.66.